The molecule has 2 rings (SSSR count). The average Bonchev–Trinajstić information content (AvgIpc) is 2.97. The van der Waals surface area contributed by atoms with E-state index >= 15 is 0 Å². The molecule has 1 heterocycles. The molecule has 0 spiro atoms. The third-order valence-corrected chi connectivity index (χ3v) is 6.18. The van der Waals surface area contributed by atoms with E-state index in [0.29, 0.717) is 6.04 Å². The molecule has 1 N–H and O–H groups in total. The summed E-state index contributed by atoms with van der Waals surface area (Å²) in [5.74, 6) is 1.77. The fraction of sp³-hybridized carbons (Fsp3) is 0.778. The van der Waals surface area contributed by atoms with E-state index < -0.39 is 0 Å². The topological polar surface area (TPSA) is 12.0 Å². The Bertz CT molecular complexity index is 385. The van der Waals surface area contributed by atoms with Crippen LogP contribution in [0.5, 0.6) is 0 Å². The van der Waals surface area contributed by atoms with Crippen molar-refractivity contribution < 1.29 is 0 Å². The van der Waals surface area contributed by atoms with Crippen LogP contribution in [0.3, 0.4) is 0 Å². The van der Waals surface area contributed by atoms with Crippen molar-refractivity contribution in [1.29, 1.82) is 0 Å². The minimum Gasteiger partial charge on any atom is -0.309 e. The van der Waals surface area contributed by atoms with E-state index in [-0.39, 0.29) is 0 Å². The van der Waals surface area contributed by atoms with Gasteiger partial charge in [-0.3, -0.25) is 0 Å². The van der Waals surface area contributed by atoms with Gasteiger partial charge >= 0.3 is 0 Å². The van der Waals surface area contributed by atoms with Crippen LogP contribution in [0.2, 0.25) is 0 Å². The summed E-state index contributed by atoms with van der Waals surface area (Å²) in [6, 6.07) is 5.33. The highest BCUT2D eigenvalue weighted by molar-refractivity contribution is 7.12. The van der Waals surface area contributed by atoms with Crippen molar-refractivity contribution in [1.82, 2.24) is 5.32 Å². The third kappa shape index (κ3) is 3.85. The first-order valence-corrected chi connectivity index (χ1v) is 9.43. The molecule has 0 aromatic carbocycles. The highest BCUT2D eigenvalue weighted by Crippen LogP contribution is 2.42. The summed E-state index contributed by atoms with van der Waals surface area (Å²) in [6.07, 6.45) is 9.48. The summed E-state index contributed by atoms with van der Waals surface area (Å²) in [4.78, 5) is 3.12. The van der Waals surface area contributed by atoms with Crippen LogP contribution in [-0.4, -0.2) is 6.54 Å². The smallest absolute Gasteiger partial charge is 0.0446 e. The lowest BCUT2D eigenvalue weighted by molar-refractivity contribution is 0.177. The second kappa shape index (κ2) is 8.19. The van der Waals surface area contributed by atoms with Crippen molar-refractivity contribution in [3.63, 3.8) is 0 Å². The van der Waals surface area contributed by atoms with E-state index in [0.717, 1.165) is 18.4 Å². The van der Waals surface area contributed by atoms with Crippen LogP contribution < -0.4 is 5.32 Å². The zero-order valence-corrected chi connectivity index (χ0v) is 14.3. The van der Waals surface area contributed by atoms with Gasteiger partial charge in [-0.1, -0.05) is 46.5 Å². The lowest BCUT2D eigenvalue weighted by Crippen LogP contribution is -2.34. The zero-order valence-electron chi connectivity index (χ0n) is 13.5. The predicted molar refractivity (Wildman–Crippen MR) is 90.5 cm³/mol. The maximum absolute atomic E-state index is 3.87. The summed E-state index contributed by atoms with van der Waals surface area (Å²) in [7, 11) is 0. The zero-order chi connectivity index (χ0) is 14.4. The molecule has 1 nitrogen and oxygen atoms in total. The van der Waals surface area contributed by atoms with Crippen LogP contribution in [0.15, 0.2) is 12.1 Å². The lowest BCUT2D eigenvalue weighted by atomic mass is 9.73. The number of thiophene rings is 1. The number of rotatable bonds is 7. The first-order valence-electron chi connectivity index (χ1n) is 8.62. The van der Waals surface area contributed by atoms with Crippen molar-refractivity contribution in [2.24, 2.45) is 11.8 Å². The fourth-order valence-electron chi connectivity index (χ4n) is 3.70. The van der Waals surface area contributed by atoms with Crippen LogP contribution in [0.4, 0.5) is 0 Å². The quantitative estimate of drug-likeness (QED) is 0.693. The molecule has 1 saturated carbocycles. The maximum Gasteiger partial charge on any atom is 0.0446 e. The van der Waals surface area contributed by atoms with Gasteiger partial charge in [0.2, 0.25) is 0 Å². The Morgan fingerprint density at radius 3 is 2.65 bits per heavy atom. The van der Waals surface area contributed by atoms with E-state index in [1.807, 2.05) is 11.3 Å². The molecular formula is C18H31NS. The molecule has 1 aromatic rings. The molecule has 1 aromatic heterocycles. The molecule has 0 bridgehead atoms. The summed E-state index contributed by atoms with van der Waals surface area (Å²) in [5, 5.41) is 3.87. The van der Waals surface area contributed by atoms with Gasteiger partial charge in [-0.15, -0.1) is 11.3 Å². The van der Waals surface area contributed by atoms with Crippen molar-refractivity contribution in [2.75, 3.05) is 6.54 Å². The Morgan fingerprint density at radius 2 is 2.00 bits per heavy atom. The molecule has 2 heteroatoms. The minimum absolute atomic E-state index is 0.602. The number of hydrogen-bond acceptors (Lipinski definition) is 2. The molecule has 114 valence electrons. The highest BCUT2D eigenvalue weighted by Gasteiger charge is 2.32. The van der Waals surface area contributed by atoms with E-state index in [4.69, 9.17) is 0 Å². The Balaban J connectivity index is 2.16. The number of aryl methyl sites for hydroxylation is 1. The molecule has 3 atom stereocenters. The third-order valence-electron chi connectivity index (χ3n) is 4.87. The molecule has 0 amide bonds. The fourth-order valence-corrected chi connectivity index (χ4v) is 4.80. The van der Waals surface area contributed by atoms with Crippen molar-refractivity contribution in [3.8, 4) is 0 Å². The van der Waals surface area contributed by atoms with Gasteiger partial charge in [-0.2, -0.15) is 0 Å². The van der Waals surface area contributed by atoms with Gasteiger partial charge < -0.3 is 5.32 Å². The van der Waals surface area contributed by atoms with Crippen LogP contribution in [-0.2, 0) is 6.42 Å². The van der Waals surface area contributed by atoms with E-state index in [2.05, 4.69) is 38.2 Å². The second-order valence-electron chi connectivity index (χ2n) is 6.21. The van der Waals surface area contributed by atoms with Gasteiger partial charge in [0.15, 0.2) is 0 Å². The van der Waals surface area contributed by atoms with Crippen molar-refractivity contribution in [3.05, 3.63) is 21.9 Å². The number of nitrogens with one attached hydrogen (secondary N) is 1. The van der Waals surface area contributed by atoms with Crippen LogP contribution >= 0.6 is 11.3 Å². The van der Waals surface area contributed by atoms with Gasteiger partial charge in [0.1, 0.15) is 0 Å². The average molecular weight is 294 g/mol. The van der Waals surface area contributed by atoms with Gasteiger partial charge in [0, 0.05) is 15.8 Å². The van der Waals surface area contributed by atoms with E-state index in [1.165, 1.54) is 49.8 Å². The molecule has 0 saturated heterocycles. The van der Waals surface area contributed by atoms with Crippen molar-refractivity contribution >= 4 is 11.3 Å². The first kappa shape index (κ1) is 16.0. The van der Waals surface area contributed by atoms with E-state index in [1.54, 1.807) is 4.88 Å². The molecule has 3 unspecified atom stereocenters. The molecule has 0 radical (unpaired) electrons. The Labute approximate surface area is 129 Å². The Kier molecular flexibility index (Phi) is 6.57. The van der Waals surface area contributed by atoms with Crippen molar-refractivity contribution in [2.45, 2.75) is 71.8 Å². The minimum atomic E-state index is 0.602. The summed E-state index contributed by atoms with van der Waals surface area (Å²) >= 11 is 2.04. The lowest BCUT2D eigenvalue weighted by Gasteiger charge is -2.37. The standard InChI is InChI=1S/C18H31NS/c1-4-13-19-18(17-12-11-15(6-3)20-17)16-10-8-7-9-14(16)5-2/h11-12,14,16,18-19H,4-10,13H2,1-3H3. The summed E-state index contributed by atoms with van der Waals surface area (Å²) < 4.78 is 0. The van der Waals surface area contributed by atoms with Crippen LogP contribution in [0, 0.1) is 11.8 Å². The highest BCUT2D eigenvalue weighted by atomic mass is 32.1. The largest absolute Gasteiger partial charge is 0.309 e. The molecule has 1 fully saturated rings. The molecule has 20 heavy (non-hydrogen) atoms. The van der Waals surface area contributed by atoms with Gasteiger partial charge in [-0.25, -0.2) is 0 Å². The first-order chi connectivity index (χ1) is 9.80. The number of hydrogen-bond donors (Lipinski definition) is 1. The van der Waals surface area contributed by atoms with E-state index in [9.17, 15) is 0 Å². The van der Waals surface area contributed by atoms with Crippen LogP contribution in [0.1, 0.15) is 75.1 Å². The molecule has 1 aliphatic carbocycles. The Hall–Kier alpha value is -0.340. The van der Waals surface area contributed by atoms with Gasteiger partial charge in [0.05, 0.1) is 0 Å². The monoisotopic (exact) mass is 293 g/mol. The maximum atomic E-state index is 3.87. The summed E-state index contributed by atoms with van der Waals surface area (Å²) in [6.45, 7) is 8.07. The SMILES string of the molecule is CCCNC(c1ccc(CC)s1)C1CCCCC1CC. The second-order valence-corrected chi connectivity index (χ2v) is 7.41. The van der Waals surface area contributed by atoms with Crippen LogP contribution in [0.25, 0.3) is 0 Å². The molecule has 1 aliphatic rings. The predicted octanol–water partition coefficient (Wildman–Crippen LogP) is 5.57. The Morgan fingerprint density at radius 1 is 1.20 bits per heavy atom. The van der Waals surface area contributed by atoms with Gasteiger partial charge in [0.25, 0.3) is 0 Å². The van der Waals surface area contributed by atoms with Gasteiger partial charge in [-0.05, 0) is 49.8 Å². The molecule has 0 aliphatic heterocycles. The molecular weight excluding hydrogens is 262 g/mol. The summed E-state index contributed by atoms with van der Waals surface area (Å²) in [5.41, 5.74) is 0. The normalized spacial score (nSPS) is 24.8.